The number of carbonyl (C=O) groups is 3. The number of ether oxygens (including phenoxy) is 1. The Kier molecular flexibility index (Phi) is 6.68. The molecule has 0 fully saturated rings. The van der Waals surface area contributed by atoms with Crippen molar-refractivity contribution < 1.29 is 24.2 Å². The van der Waals surface area contributed by atoms with Gasteiger partial charge in [0.1, 0.15) is 5.60 Å². The number of aliphatic carboxylic acids is 1. The Hall–Kier alpha value is -3.68. The predicted molar refractivity (Wildman–Crippen MR) is 131 cm³/mol. The van der Waals surface area contributed by atoms with Crippen LogP contribution < -0.4 is 10.6 Å². The van der Waals surface area contributed by atoms with Gasteiger partial charge < -0.3 is 20.5 Å². The molecule has 0 aromatic heterocycles. The molecule has 3 N–H and O–H groups in total. The minimum Gasteiger partial charge on any atom is -0.481 e. The maximum absolute atomic E-state index is 13.0. The quantitative estimate of drug-likeness (QED) is 0.425. The lowest BCUT2D eigenvalue weighted by Crippen LogP contribution is -2.46. The molecule has 0 saturated heterocycles. The molecule has 0 saturated carbocycles. The zero-order chi connectivity index (χ0) is 24.3. The summed E-state index contributed by atoms with van der Waals surface area (Å²) in [5, 5.41) is 15.2. The second kappa shape index (κ2) is 9.67. The van der Waals surface area contributed by atoms with Gasteiger partial charge >= 0.3 is 12.0 Å². The molecule has 0 bridgehead atoms. The number of carboxylic acid groups (broad SMARTS) is 1. The highest BCUT2D eigenvalue weighted by Crippen LogP contribution is 2.36. The van der Waals surface area contributed by atoms with Gasteiger partial charge in [0.2, 0.25) is 0 Å². The molecular formula is C26H23ClN2O5. The van der Waals surface area contributed by atoms with Crippen molar-refractivity contribution in [3.05, 3.63) is 82.9 Å². The number of urea groups is 1. The van der Waals surface area contributed by atoms with Crippen molar-refractivity contribution in [1.29, 1.82) is 0 Å². The molecule has 0 aliphatic heterocycles. The van der Waals surface area contributed by atoms with Gasteiger partial charge in [0.25, 0.3) is 0 Å². The van der Waals surface area contributed by atoms with E-state index in [-0.39, 0.29) is 18.2 Å². The van der Waals surface area contributed by atoms with Crippen molar-refractivity contribution in [3.8, 4) is 11.1 Å². The van der Waals surface area contributed by atoms with E-state index in [9.17, 15) is 19.5 Å². The molecule has 3 aromatic rings. The number of Topliss-reactive ketones (excluding diaryl/α,β-unsaturated/α-hetero) is 1. The van der Waals surface area contributed by atoms with Gasteiger partial charge in [0, 0.05) is 29.1 Å². The Morgan fingerprint density at radius 3 is 2.38 bits per heavy atom. The summed E-state index contributed by atoms with van der Waals surface area (Å²) in [6, 6.07) is 19.3. The van der Waals surface area contributed by atoms with Gasteiger partial charge in [-0.3, -0.25) is 9.59 Å². The molecule has 4 rings (SSSR count). The van der Waals surface area contributed by atoms with Crippen molar-refractivity contribution in [2.24, 2.45) is 0 Å². The standard InChI is InChI=1S/C26H23ClN2O5/c1-34-26(15-23(30)31)12-11-18-13-17(7-10-22(18)24(26)32)16-5-8-20(9-6-16)28-25(33)29-21-4-2-3-19(27)14-21/h2-10,13-14H,11-12,15H2,1H3,(H,30,31)(H2,28,29,33)/t26-/m1/s1. The van der Waals surface area contributed by atoms with Crippen molar-refractivity contribution in [1.82, 2.24) is 0 Å². The van der Waals surface area contributed by atoms with Crippen LogP contribution in [0.4, 0.5) is 16.2 Å². The first-order chi connectivity index (χ1) is 16.3. The van der Waals surface area contributed by atoms with E-state index in [4.69, 9.17) is 16.3 Å². The van der Waals surface area contributed by atoms with Gasteiger partial charge in [-0.15, -0.1) is 0 Å². The van der Waals surface area contributed by atoms with Crippen LogP contribution in [0.15, 0.2) is 66.7 Å². The topological polar surface area (TPSA) is 105 Å². The Labute approximate surface area is 201 Å². The predicted octanol–water partition coefficient (Wildman–Crippen LogP) is 5.64. The van der Waals surface area contributed by atoms with Crippen LogP contribution in [0.1, 0.15) is 28.8 Å². The molecule has 0 radical (unpaired) electrons. The van der Waals surface area contributed by atoms with Crippen LogP contribution in [-0.4, -0.2) is 35.6 Å². The molecule has 3 aromatic carbocycles. The molecule has 34 heavy (non-hydrogen) atoms. The molecule has 8 heteroatoms. The van der Waals surface area contributed by atoms with Gasteiger partial charge in [-0.05, 0) is 59.9 Å². The van der Waals surface area contributed by atoms with E-state index in [1.807, 2.05) is 24.3 Å². The van der Waals surface area contributed by atoms with Gasteiger partial charge in [0.15, 0.2) is 5.78 Å². The summed E-state index contributed by atoms with van der Waals surface area (Å²) in [7, 11) is 1.38. The third-order valence-electron chi connectivity index (χ3n) is 5.95. The number of fused-ring (bicyclic) bond motifs is 1. The van der Waals surface area contributed by atoms with Gasteiger partial charge in [-0.25, -0.2) is 4.79 Å². The summed E-state index contributed by atoms with van der Waals surface area (Å²) in [4.78, 5) is 36.5. The number of rotatable bonds is 6. The van der Waals surface area contributed by atoms with Crippen LogP contribution in [0.3, 0.4) is 0 Å². The van der Waals surface area contributed by atoms with Gasteiger partial charge in [-0.2, -0.15) is 0 Å². The third kappa shape index (κ3) is 4.95. The molecule has 0 unspecified atom stereocenters. The molecule has 2 amide bonds. The van der Waals surface area contributed by atoms with Crippen LogP contribution in [0.25, 0.3) is 11.1 Å². The van der Waals surface area contributed by atoms with E-state index < -0.39 is 11.6 Å². The number of aryl methyl sites for hydroxylation is 1. The van der Waals surface area contributed by atoms with E-state index in [2.05, 4.69) is 10.6 Å². The molecule has 0 spiro atoms. The fourth-order valence-electron chi connectivity index (χ4n) is 4.18. The first kappa shape index (κ1) is 23.5. The van der Waals surface area contributed by atoms with E-state index in [1.165, 1.54) is 7.11 Å². The van der Waals surface area contributed by atoms with Crippen LogP contribution >= 0.6 is 11.6 Å². The maximum atomic E-state index is 13.0. The van der Waals surface area contributed by atoms with E-state index in [0.717, 1.165) is 16.7 Å². The molecular weight excluding hydrogens is 456 g/mol. The smallest absolute Gasteiger partial charge is 0.323 e. The molecule has 1 aliphatic rings. The minimum absolute atomic E-state index is 0.296. The Morgan fingerprint density at radius 1 is 1.00 bits per heavy atom. The molecule has 174 valence electrons. The number of nitrogens with one attached hydrogen (secondary N) is 2. The molecule has 1 atom stereocenters. The maximum Gasteiger partial charge on any atom is 0.323 e. The van der Waals surface area contributed by atoms with Crippen molar-refractivity contribution in [2.75, 3.05) is 17.7 Å². The average molecular weight is 479 g/mol. The monoisotopic (exact) mass is 478 g/mol. The summed E-state index contributed by atoms with van der Waals surface area (Å²) >= 11 is 5.94. The second-order valence-electron chi connectivity index (χ2n) is 8.14. The van der Waals surface area contributed by atoms with Crippen LogP contribution in [-0.2, 0) is 16.0 Å². The highest BCUT2D eigenvalue weighted by molar-refractivity contribution is 6.30. The number of carbonyl (C=O) groups excluding carboxylic acids is 2. The number of hydrogen-bond acceptors (Lipinski definition) is 4. The number of ketones is 1. The van der Waals surface area contributed by atoms with Crippen LogP contribution in [0.2, 0.25) is 5.02 Å². The largest absolute Gasteiger partial charge is 0.481 e. The Balaban J connectivity index is 1.47. The van der Waals surface area contributed by atoms with E-state index in [0.29, 0.717) is 34.8 Å². The summed E-state index contributed by atoms with van der Waals surface area (Å²) in [6.45, 7) is 0. The number of anilines is 2. The lowest BCUT2D eigenvalue weighted by Gasteiger charge is -2.34. The number of hydrogen-bond donors (Lipinski definition) is 3. The minimum atomic E-state index is -1.32. The highest BCUT2D eigenvalue weighted by atomic mass is 35.5. The number of benzene rings is 3. The normalized spacial score (nSPS) is 17.1. The van der Waals surface area contributed by atoms with Crippen LogP contribution in [0, 0.1) is 0 Å². The fraction of sp³-hybridized carbons (Fsp3) is 0.192. The SMILES string of the molecule is CO[C@@]1(CC(=O)O)CCc2cc(-c3ccc(NC(=O)Nc4cccc(Cl)c4)cc3)ccc2C1=O. The summed E-state index contributed by atoms with van der Waals surface area (Å²) in [5.41, 5.74) is 3.09. The number of halogens is 1. The second-order valence-corrected chi connectivity index (χ2v) is 8.57. The Bertz CT molecular complexity index is 1260. The van der Waals surface area contributed by atoms with Crippen molar-refractivity contribution in [2.45, 2.75) is 24.9 Å². The van der Waals surface area contributed by atoms with E-state index in [1.54, 1.807) is 42.5 Å². The molecule has 1 aliphatic carbocycles. The third-order valence-corrected chi connectivity index (χ3v) is 6.18. The Morgan fingerprint density at radius 2 is 1.71 bits per heavy atom. The zero-order valence-electron chi connectivity index (χ0n) is 18.4. The lowest BCUT2D eigenvalue weighted by atomic mass is 9.76. The zero-order valence-corrected chi connectivity index (χ0v) is 19.2. The van der Waals surface area contributed by atoms with Gasteiger partial charge in [0.05, 0.1) is 6.42 Å². The summed E-state index contributed by atoms with van der Waals surface area (Å²) in [6.07, 6.45) is 0.498. The first-order valence-corrected chi connectivity index (χ1v) is 11.1. The van der Waals surface area contributed by atoms with Crippen LogP contribution in [0.5, 0.6) is 0 Å². The highest BCUT2D eigenvalue weighted by Gasteiger charge is 2.44. The molecule has 7 nitrogen and oxygen atoms in total. The molecule has 0 heterocycles. The van der Waals surface area contributed by atoms with Gasteiger partial charge in [-0.1, -0.05) is 48.0 Å². The number of methoxy groups -OCH3 is 1. The van der Waals surface area contributed by atoms with E-state index >= 15 is 0 Å². The average Bonchev–Trinajstić information content (AvgIpc) is 2.81. The number of amides is 2. The summed E-state index contributed by atoms with van der Waals surface area (Å²) < 4.78 is 5.39. The lowest BCUT2D eigenvalue weighted by molar-refractivity contribution is -0.142. The van der Waals surface area contributed by atoms with Crippen molar-refractivity contribution >= 4 is 40.8 Å². The fourth-order valence-corrected chi connectivity index (χ4v) is 4.37. The van der Waals surface area contributed by atoms with Crippen molar-refractivity contribution in [3.63, 3.8) is 0 Å². The number of carboxylic acids is 1. The first-order valence-electron chi connectivity index (χ1n) is 10.7. The summed E-state index contributed by atoms with van der Waals surface area (Å²) in [5.74, 6) is -1.36.